The molecule has 8 heteroatoms. The minimum absolute atomic E-state index is 0.481. The molecule has 0 saturated carbocycles. The normalized spacial score (nSPS) is 11.1. The average molecular weight is 293 g/mol. The van der Waals surface area contributed by atoms with Crippen molar-refractivity contribution in [3.8, 4) is 0 Å². The van der Waals surface area contributed by atoms with Gasteiger partial charge >= 0.3 is 0 Å². The van der Waals surface area contributed by atoms with Crippen molar-refractivity contribution < 1.29 is 0 Å². The van der Waals surface area contributed by atoms with Crippen LogP contribution in [0.2, 0.25) is 5.15 Å². The standard InChI is InChI=1S/C11H9ClN6S/c1-2-6-8(12)14-4-17-10(6)19-11-7-9(15-3-13-7)16-5-18-11/h3-5H,2H2,1H3,(H,13,15,16,18). The van der Waals surface area contributed by atoms with Crippen molar-refractivity contribution in [3.05, 3.63) is 29.7 Å². The number of hydrogen-bond acceptors (Lipinski definition) is 6. The largest absolute Gasteiger partial charge is 0.341 e. The van der Waals surface area contributed by atoms with E-state index in [2.05, 4.69) is 29.9 Å². The Morgan fingerprint density at radius 3 is 2.74 bits per heavy atom. The smallest absolute Gasteiger partial charge is 0.181 e. The molecule has 0 spiro atoms. The lowest BCUT2D eigenvalue weighted by molar-refractivity contribution is 0.940. The predicted octanol–water partition coefficient (Wildman–Crippen LogP) is 2.51. The number of halogens is 1. The summed E-state index contributed by atoms with van der Waals surface area (Å²) in [7, 11) is 0. The van der Waals surface area contributed by atoms with Gasteiger partial charge in [-0.25, -0.2) is 24.9 Å². The van der Waals surface area contributed by atoms with E-state index >= 15 is 0 Å². The molecule has 6 nitrogen and oxygen atoms in total. The molecule has 0 radical (unpaired) electrons. The summed E-state index contributed by atoms with van der Waals surface area (Å²) < 4.78 is 0. The van der Waals surface area contributed by atoms with Crippen molar-refractivity contribution in [2.45, 2.75) is 23.4 Å². The van der Waals surface area contributed by atoms with Crippen molar-refractivity contribution in [1.82, 2.24) is 29.9 Å². The molecule has 3 aromatic rings. The van der Waals surface area contributed by atoms with Crippen LogP contribution in [-0.2, 0) is 6.42 Å². The summed E-state index contributed by atoms with van der Waals surface area (Å²) in [5.74, 6) is 0. The number of hydrogen-bond donors (Lipinski definition) is 1. The highest BCUT2D eigenvalue weighted by Crippen LogP contribution is 2.32. The van der Waals surface area contributed by atoms with Gasteiger partial charge in [0.05, 0.1) is 6.33 Å². The first kappa shape index (κ1) is 12.3. The Balaban J connectivity index is 2.06. The fraction of sp³-hybridized carbons (Fsp3) is 0.182. The highest BCUT2D eigenvalue weighted by Gasteiger charge is 2.13. The number of aromatic nitrogens is 6. The van der Waals surface area contributed by atoms with Gasteiger partial charge in [0, 0.05) is 5.56 Å². The minimum Gasteiger partial charge on any atom is -0.341 e. The van der Waals surface area contributed by atoms with Gasteiger partial charge < -0.3 is 4.98 Å². The van der Waals surface area contributed by atoms with E-state index in [0.717, 1.165) is 27.6 Å². The molecule has 0 fully saturated rings. The maximum atomic E-state index is 6.08. The Labute approximate surface area is 118 Å². The summed E-state index contributed by atoms with van der Waals surface area (Å²) in [4.78, 5) is 23.7. The van der Waals surface area contributed by atoms with Crippen LogP contribution in [-0.4, -0.2) is 29.9 Å². The first-order valence-corrected chi connectivity index (χ1v) is 6.80. The molecule has 3 aromatic heterocycles. The van der Waals surface area contributed by atoms with Crippen molar-refractivity contribution in [1.29, 1.82) is 0 Å². The molecule has 96 valence electrons. The van der Waals surface area contributed by atoms with E-state index in [1.165, 1.54) is 24.4 Å². The van der Waals surface area contributed by atoms with Gasteiger partial charge in [-0.2, -0.15) is 0 Å². The highest BCUT2D eigenvalue weighted by molar-refractivity contribution is 7.99. The first-order valence-electron chi connectivity index (χ1n) is 5.61. The number of fused-ring (bicyclic) bond motifs is 1. The number of nitrogens with one attached hydrogen (secondary N) is 1. The van der Waals surface area contributed by atoms with E-state index in [0.29, 0.717) is 10.8 Å². The van der Waals surface area contributed by atoms with Gasteiger partial charge in [0.2, 0.25) is 0 Å². The van der Waals surface area contributed by atoms with Crippen LogP contribution in [0.15, 0.2) is 29.0 Å². The van der Waals surface area contributed by atoms with Crippen LogP contribution in [0.25, 0.3) is 11.2 Å². The molecule has 0 bridgehead atoms. The van der Waals surface area contributed by atoms with Crippen molar-refractivity contribution in [3.63, 3.8) is 0 Å². The fourth-order valence-electron chi connectivity index (χ4n) is 1.67. The maximum Gasteiger partial charge on any atom is 0.181 e. The van der Waals surface area contributed by atoms with Gasteiger partial charge in [0.1, 0.15) is 33.4 Å². The molecule has 0 unspecified atom stereocenters. The number of aromatic amines is 1. The van der Waals surface area contributed by atoms with Crippen molar-refractivity contribution in [2.24, 2.45) is 0 Å². The van der Waals surface area contributed by atoms with Crippen LogP contribution >= 0.6 is 23.4 Å². The Bertz CT molecular complexity index is 728. The maximum absolute atomic E-state index is 6.08. The van der Waals surface area contributed by atoms with Gasteiger partial charge in [-0.05, 0) is 18.2 Å². The third-order valence-corrected chi connectivity index (χ3v) is 3.96. The van der Waals surface area contributed by atoms with Crippen LogP contribution in [0.3, 0.4) is 0 Å². The Kier molecular flexibility index (Phi) is 3.31. The van der Waals surface area contributed by atoms with Crippen LogP contribution in [0, 0.1) is 0 Å². The molecule has 0 aliphatic rings. The second-order valence-corrected chi connectivity index (χ2v) is 5.02. The van der Waals surface area contributed by atoms with E-state index in [1.807, 2.05) is 6.92 Å². The van der Waals surface area contributed by atoms with Crippen molar-refractivity contribution >= 4 is 34.5 Å². The van der Waals surface area contributed by atoms with Crippen LogP contribution in [0.5, 0.6) is 0 Å². The molecule has 0 amide bonds. The molecule has 3 heterocycles. The fourth-order valence-corrected chi connectivity index (χ4v) is 3.00. The van der Waals surface area contributed by atoms with E-state index in [4.69, 9.17) is 11.6 Å². The zero-order valence-electron chi connectivity index (χ0n) is 9.96. The van der Waals surface area contributed by atoms with E-state index in [9.17, 15) is 0 Å². The molecular weight excluding hydrogens is 284 g/mol. The zero-order valence-corrected chi connectivity index (χ0v) is 11.5. The second-order valence-electron chi connectivity index (χ2n) is 3.68. The second kappa shape index (κ2) is 5.10. The lowest BCUT2D eigenvalue weighted by Crippen LogP contribution is -1.95. The van der Waals surface area contributed by atoms with Crippen LogP contribution in [0.1, 0.15) is 12.5 Å². The van der Waals surface area contributed by atoms with Gasteiger partial charge in [-0.15, -0.1) is 0 Å². The van der Waals surface area contributed by atoms with E-state index < -0.39 is 0 Å². The summed E-state index contributed by atoms with van der Waals surface area (Å²) in [6, 6.07) is 0. The summed E-state index contributed by atoms with van der Waals surface area (Å²) in [6.45, 7) is 2.01. The van der Waals surface area contributed by atoms with Gasteiger partial charge in [0.15, 0.2) is 5.65 Å². The third-order valence-electron chi connectivity index (χ3n) is 2.59. The molecule has 3 rings (SSSR count). The zero-order chi connectivity index (χ0) is 13.2. The summed E-state index contributed by atoms with van der Waals surface area (Å²) in [6.07, 6.45) is 5.30. The van der Waals surface area contributed by atoms with Gasteiger partial charge in [-0.1, -0.05) is 18.5 Å². The Hall–Kier alpha value is -1.73. The average Bonchev–Trinajstić information content (AvgIpc) is 2.88. The summed E-state index contributed by atoms with van der Waals surface area (Å²) in [5, 5.41) is 2.05. The molecule has 0 aliphatic heterocycles. The summed E-state index contributed by atoms with van der Waals surface area (Å²) >= 11 is 7.50. The SMILES string of the molecule is CCc1c(Cl)ncnc1Sc1ncnc2nc[nH]c12. The van der Waals surface area contributed by atoms with E-state index in [-0.39, 0.29) is 0 Å². The molecule has 1 N–H and O–H groups in total. The lowest BCUT2D eigenvalue weighted by Gasteiger charge is -2.06. The molecule has 0 atom stereocenters. The predicted molar refractivity (Wildman–Crippen MR) is 72.2 cm³/mol. The van der Waals surface area contributed by atoms with Crippen LogP contribution in [0.4, 0.5) is 0 Å². The minimum atomic E-state index is 0.481. The topological polar surface area (TPSA) is 80.2 Å². The molecule has 0 aliphatic carbocycles. The van der Waals surface area contributed by atoms with Crippen molar-refractivity contribution in [2.75, 3.05) is 0 Å². The number of H-pyrrole nitrogens is 1. The first-order chi connectivity index (χ1) is 9.29. The molecule has 0 aromatic carbocycles. The Morgan fingerprint density at radius 2 is 1.89 bits per heavy atom. The van der Waals surface area contributed by atoms with Gasteiger partial charge in [0.25, 0.3) is 0 Å². The third kappa shape index (κ3) is 2.26. The molecular formula is C11H9ClN6S. The molecule has 19 heavy (non-hydrogen) atoms. The monoisotopic (exact) mass is 292 g/mol. The Morgan fingerprint density at radius 1 is 1.11 bits per heavy atom. The number of imidazole rings is 1. The summed E-state index contributed by atoms with van der Waals surface area (Å²) in [5.41, 5.74) is 2.35. The van der Waals surface area contributed by atoms with Crippen LogP contribution < -0.4 is 0 Å². The quantitative estimate of drug-likeness (QED) is 0.747. The van der Waals surface area contributed by atoms with Gasteiger partial charge in [-0.3, -0.25) is 0 Å². The molecule has 0 saturated heterocycles. The number of nitrogens with zero attached hydrogens (tertiary/aromatic N) is 5. The lowest BCUT2D eigenvalue weighted by atomic mass is 10.3. The highest BCUT2D eigenvalue weighted by atomic mass is 35.5. The number of rotatable bonds is 3. The van der Waals surface area contributed by atoms with E-state index in [1.54, 1.807) is 6.33 Å².